The van der Waals surface area contributed by atoms with Gasteiger partial charge < -0.3 is 15.0 Å². The summed E-state index contributed by atoms with van der Waals surface area (Å²) in [6, 6.07) is 5.31. The van der Waals surface area contributed by atoms with Crippen LogP contribution in [0, 0.1) is 0 Å². The van der Waals surface area contributed by atoms with Crippen LogP contribution in [0.15, 0.2) is 18.2 Å². The first-order valence-corrected chi connectivity index (χ1v) is 6.77. The minimum Gasteiger partial charge on any atom is -0.377 e. The SMILES string of the molecule is CC(C)OCCN(C)C(=O)c1ccc2c(c1)CC(=O)N2. The predicted molar refractivity (Wildman–Crippen MR) is 76.8 cm³/mol. The molecule has 2 amide bonds. The standard InChI is InChI=1S/C15H20N2O3/c1-10(2)20-7-6-17(3)15(19)11-4-5-13-12(8-11)9-14(18)16-13/h4-5,8,10H,6-7,9H2,1-3H3,(H,16,18). The Morgan fingerprint density at radius 2 is 2.20 bits per heavy atom. The summed E-state index contributed by atoms with van der Waals surface area (Å²) >= 11 is 0. The average molecular weight is 276 g/mol. The van der Waals surface area contributed by atoms with Crippen LogP contribution >= 0.6 is 0 Å². The van der Waals surface area contributed by atoms with Gasteiger partial charge >= 0.3 is 0 Å². The van der Waals surface area contributed by atoms with Crippen LogP contribution < -0.4 is 5.32 Å². The smallest absolute Gasteiger partial charge is 0.253 e. The predicted octanol–water partition coefficient (Wildman–Crippen LogP) is 1.68. The molecule has 0 aliphatic carbocycles. The van der Waals surface area contributed by atoms with Gasteiger partial charge in [0.05, 0.1) is 19.1 Å². The van der Waals surface area contributed by atoms with Crippen LogP contribution in [0.3, 0.4) is 0 Å². The highest BCUT2D eigenvalue weighted by atomic mass is 16.5. The third-order valence-electron chi connectivity index (χ3n) is 3.20. The summed E-state index contributed by atoms with van der Waals surface area (Å²) in [7, 11) is 1.75. The molecule has 0 aromatic heterocycles. The summed E-state index contributed by atoms with van der Waals surface area (Å²) in [5.41, 5.74) is 2.29. The van der Waals surface area contributed by atoms with Crippen molar-refractivity contribution in [2.75, 3.05) is 25.5 Å². The molecule has 0 radical (unpaired) electrons. The summed E-state index contributed by atoms with van der Waals surface area (Å²) in [5.74, 6) is -0.0807. The number of ether oxygens (including phenoxy) is 1. The Labute approximate surface area is 118 Å². The Bertz CT molecular complexity index is 526. The molecule has 5 nitrogen and oxygen atoms in total. The summed E-state index contributed by atoms with van der Waals surface area (Å²) < 4.78 is 5.44. The van der Waals surface area contributed by atoms with Gasteiger partial charge in [-0.3, -0.25) is 9.59 Å². The normalized spacial score (nSPS) is 13.3. The van der Waals surface area contributed by atoms with E-state index in [4.69, 9.17) is 4.74 Å². The lowest BCUT2D eigenvalue weighted by Crippen LogP contribution is -2.30. The molecule has 0 spiro atoms. The maximum Gasteiger partial charge on any atom is 0.253 e. The number of rotatable bonds is 5. The molecule has 0 saturated heterocycles. The van der Waals surface area contributed by atoms with Crippen LogP contribution in [0.4, 0.5) is 5.69 Å². The number of carbonyl (C=O) groups excluding carboxylic acids is 2. The van der Waals surface area contributed by atoms with Crippen LogP contribution in [-0.2, 0) is 16.0 Å². The van der Waals surface area contributed by atoms with E-state index in [1.807, 2.05) is 13.8 Å². The number of carbonyl (C=O) groups is 2. The van der Waals surface area contributed by atoms with E-state index in [1.54, 1.807) is 30.1 Å². The number of benzene rings is 1. The molecule has 0 saturated carbocycles. The van der Waals surface area contributed by atoms with E-state index in [9.17, 15) is 9.59 Å². The van der Waals surface area contributed by atoms with Gasteiger partial charge in [0, 0.05) is 24.8 Å². The van der Waals surface area contributed by atoms with Gasteiger partial charge in [0.1, 0.15) is 0 Å². The van der Waals surface area contributed by atoms with Crippen molar-refractivity contribution in [3.05, 3.63) is 29.3 Å². The molecule has 0 atom stereocenters. The van der Waals surface area contributed by atoms with Gasteiger partial charge in [0.15, 0.2) is 0 Å². The minimum atomic E-state index is -0.0560. The number of hydrogen-bond acceptors (Lipinski definition) is 3. The molecular formula is C15H20N2O3. The van der Waals surface area contributed by atoms with Gasteiger partial charge in [-0.25, -0.2) is 0 Å². The van der Waals surface area contributed by atoms with Crippen LogP contribution in [-0.4, -0.2) is 43.0 Å². The quantitative estimate of drug-likeness (QED) is 0.890. The second-order valence-corrected chi connectivity index (χ2v) is 5.24. The monoisotopic (exact) mass is 276 g/mol. The first-order valence-electron chi connectivity index (χ1n) is 6.77. The van der Waals surface area contributed by atoms with Gasteiger partial charge in [-0.15, -0.1) is 0 Å². The zero-order chi connectivity index (χ0) is 14.7. The second kappa shape index (κ2) is 6.05. The summed E-state index contributed by atoms with van der Waals surface area (Å²) in [6.45, 7) is 4.99. The summed E-state index contributed by atoms with van der Waals surface area (Å²) in [4.78, 5) is 25.2. The van der Waals surface area contributed by atoms with Crippen molar-refractivity contribution in [3.63, 3.8) is 0 Å². The van der Waals surface area contributed by atoms with Gasteiger partial charge in [-0.2, -0.15) is 0 Å². The zero-order valence-electron chi connectivity index (χ0n) is 12.1. The highest BCUT2D eigenvalue weighted by Crippen LogP contribution is 2.24. The molecule has 1 aliphatic heterocycles. The molecular weight excluding hydrogens is 256 g/mol. The van der Waals surface area contributed by atoms with E-state index >= 15 is 0 Å². The third-order valence-corrected chi connectivity index (χ3v) is 3.20. The number of hydrogen-bond donors (Lipinski definition) is 1. The molecule has 1 aliphatic rings. The zero-order valence-corrected chi connectivity index (χ0v) is 12.1. The van der Waals surface area contributed by atoms with Crippen LogP contribution in [0.25, 0.3) is 0 Å². The van der Waals surface area contributed by atoms with Crippen molar-refractivity contribution >= 4 is 17.5 Å². The Hall–Kier alpha value is -1.88. The van der Waals surface area contributed by atoms with E-state index in [-0.39, 0.29) is 17.9 Å². The summed E-state index contributed by atoms with van der Waals surface area (Å²) in [6.07, 6.45) is 0.506. The molecule has 0 unspecified atom stereocenters. The number of likely N-dealkylation sites (N-methyl/N-ethyl adjacent to an activating group) is 1. The maximum absolute atomic E-state index is 12.3. The van der Waals surface area contributed by atoms with E-state index in [2.05, 4.69) is 5.32 Å². The highest BCUT2D eigenvalue weighted by molar-refractivity contribution is 6.01. The minimum absolute atomic E-state index is 0.0247. The van der Waals surface area contributed by atoms with Gasteiger partial charge in [-0.05, 0) is 37.6 Å². The molecule has 1 aromatic carbocycles. The van der Waals surface area contributed by atoms with Crippen molar-refractivity contribution in [1.82, 2.24) is 4.90 Å². The summed E-state index contributed by atoms with van der Waals surface area (Å²) in [5, 5.41) is 2.76. The molecule has 108 valence electrons. The molecule has 0 fully saturated rings. The first-order chi connectivity index (χ1) is 9.47. The average Bonchev–Trinajstić information content (AvgIpc) is 2.76. The fourth-order valence-corrected chi connectivity index (χ4v) is 2.11. The lowest BCUT2D eigenvalue weighted by molar-refractivity contribution is -0.115. The van der Waals surface area contributed by atoms with Crippen molar-refractivity contribution in [2.24, 2.45) is 0 Å². The highest BCUT2D eigenvalue weighted by Gasteiger charge is 2.20. The molecule has 20 heavy (non-hydrogen) atoms. The maximum atomic E-state index is 12.3. The van der Waals surface area contributed by atoms with E-state index in [0.717, 1.165) is 11.3 Å². The van der Waals surface area contributed by atoms with Gasteiger partial charge in [0.2, 0.25) is 5.91 Å². The van der Waals surface area contributed by atoms with Crippen molar-refractivity contribution in [1.29, 1.82) is 0 Å². The Balaban J connectivity index is 1.99. The van der Waals surface area contributed by atoms with E-state index in [0.29, 0.717) is 25.1 Å². The van der Waals surface area contributed by atoms with Gasteiger partial charge in [0.25, 0.3) is 5.91 Å². The molecule has 0 bridgehead atoms. The number of anilines is 1. The topological polar surface area (TPSA) is 58.6 Å². The van der Waals surface area contributed by atoms with Crippen LogP contribution in [0.1, 0.15) is 29.8 Å². The molecule has 1 N–H and O–H groups in total. The van der Waals surface area contributed by atoms with Crippen LogP contribution in [0.5, 0.6) is 0 Å². The first kappa shape index (κ1) is 14.5. The lowest BCUT2D eigenvalue weighted by atomic mass is 10.1. The van der Waals surface area contributed by atoms with Gasteiger partial charge in [-0.1, -0.05) is 0 Å². The number of nitrogens with zero attached hydrogens (tertiary/aromatic N) is 1. The number of nitrogens with one attached hydrogen (secondary N) is 1. The number of fused-ring (bicyclic) bond motifs is 1. The lowest BCUT2D eigenvalue weighted by Gasteiger charge is -2.18. The second-order valence-electron chi connectivity index (χ2n) is 5.24. The Morgan fingerprint density at radius 3 is 2.90 bits per heavy atom. The number of amides is 2. The fourth-order valence-electron chi connectivity index (χ4n) is 2.11. The fraction of sp³-hybridized carbons (Fsp3) is 0.467. The third kappa shape index (κ3) is 3.36. The van der Waals surface area contributed by atoms with Crippen molar-refractivity contribution in [2.45, 2.75) is 26.4 Å². The van der Waals surface area contributed by atoms with Crippen molar-refractivity contribution in [3.8, 4) is 0 Å². The molecule has 5 heteroatoms. The van der Waals surface area contributed by atoms with Crippen LogP contribution in [0.2, 0.25) is 0 Å². The molecule has 1 aromatic rings. The molecule has 1 heterocycles. The van der Waals surface area contributed by atoms with E-state index in [1.165, 1.54) is 0 Å². The Morgan fingerprint density at radius 1 is 1.45 bits per heavy atom. The van der Waals surface area contributed by atoms with Crippen molar-refractivity contribution < 1.29 is 14.3 Å². The Kier molecular flexibility index (Phi) is 4.39. The molecule has 2 rings (SSSR count). The largest absolute Gasteiger partial charge is 0.377 e. The van der Waals surface area contributed by atoms with E-state index < -0.39 is 0 Å².